The molecule has 2 aliphatic rings. The second kappa shape index (κ2) is 10.6. The molecule has 3 aromatic rings. The smallest absolute Gasteiger partial charge is 0.435 e. The van der Waals surface area contributed by atoms with Gasteiger partial charge in [-0.05, 0) is 60.2 Å². The summed E-state index contributed by atoms with van der Waals surface area (Å²) in [7, 11) is -4.33. The van der Waals surface area contributed by atoms with E-state index in [1.54, 1.807) is 30.3 Å². The molecular weight excluding hydrogens is 619 g/mol. The first kappa shape index (κ1) is 31.5. The number of hydrogen-bond donors (Lipinski definition) is 1. The van der Waals surface area contributed by atoms with E-state index < -0.39 is 61.8 Å². The molecule has 5 rings (SSSR count). The van der Waals surface area contributed by atoms with Gasteiger partial charge in [0.2, 0.25) is 0 Å². The first-order valence-corrected chi connectivity index (χ1v) is 15.0. The summed E-state index contributed by atoms with van der Waals surface area (Å²) in [6.07, 6.45) is -13.3. The number of amides is 1. The SMILES string of the molecule is O=C(O)c1ccc(C(=O)N2CCC3(S(=O)(=O)Cc4ccccc4)c4ccc(C(F)(C(F)(F)F)C(F)(F)F)cc4CCC23)cc1. The van der Waals surface area contributed by atoms with Crippen molar-refractivity contribution in [2.75, 3.05) is 6.54 Å². The summed E-state index contributed by atoms with van der Waals surface area (Å²) in [4.78, 5) is 26.1. The van der Waals surface area contributed by atoms with Crippen molar-refractivity contribution in [1.82, 2.24) is 4.90 Å². The lowest BCUT2D eigenvalue weighted by Gasteiger charge is -2.43. The van der Waals surface area contributed by atoms with Crippen LogP contribution in [0.3, 0.4) is 0 Å². The number of benzene rings is 3. The maximum Gasteiger partial charge on any atom is 0.435 e. The maximum atomic E-state index is 15.0. The zero-order valence-corrected chi connectivity index (χ0v) is 23.4. The average Bonchev–Trinajstić information content (AvgIpc) is 3.37. The lowest BCUT2D eigenvalue weighted by atomic mass is 9.76. The molecule has 2 atom stereocenters. The third kappa shape index (κ3) is 4.83. The van der Waals surface area contributed by atoms with Gasteiger partial charge in [-0.25, -0.2) is 17.6 Å². The van der Waals surface area contributed by atoms with Crippen LogP contribution in [0.5, 0.6) is 0 Å². The highest BCUT2D eigenvalue weighted by Gasteiger charge is 2.73. The van der Waals surface area contributed by atoms with Crippen LogP contribution in [0.25, 0.3) is 0 Å². The molecule has 1 amide bonds. The Morgan fingerprint density at radius 2 is 1.45 bits per heavy atom. The molecule has 1 aliphatic heterocycles. The number of carboxylic acids is 1. The molecule has 6 nitrogen and oxygen atoms in total. The molecule has 0 bridgehead atoms. The predicted molar refractivity (Wildman–Crippen MR) is 143 cm³/mol. The first-order valence-electron chi connectivity index (χ1n) is 13.3. The molecule has 14 heteroatoms. The van der Waals surface area contributed by atoms with Crippen LogP contribution in [0.2, 0.25) is 0 Å². The summed E-state index contributed by atoms with van der Waals surface area (Å²) in [6.45, 7) is -0.127. The van der Waals surface area contributed by atoms with Crippen LogP contribution in [0.4, 0.5) is 30.7 Å². The molecule has 0 spiro atoms. The van der Waals surface area contributed by atoms with Gasteiger partial charge in [0, 0.05) is 17.7 Å². The molecule has 1 aliphatic carbocycles. The topological polar surface area (TPSA) is 91.8 Å². The Kier molecular flexibility index (Phi) is 7.58. The standard InChI is InChI=1S/C30H24F7NO5S/c31-28(29(32,33)34,30(35,36)37)22-11-12-23-21(16-22)10-13-24-27(23,44(42,43)17-18-4-2-1-3-5-18)14-15-38(24)25(39)19-6-8-20(9-7-19)26(40)41/h1-9,11-12,16,24H,10,13-15,17H2,(H,40,41). The number of carbonyl (C=O) groups is 2. The van der Waals surface area contributed by atoms with Crippen LogP contribution < -0.4 is 0 Å². The number of sulfone groups is 1. The van der Waals surface area contributed by atoms with E-state index in [0.717, 1.165) is 6.07 Å². The van der Waals surface area contributed by atoms with Crippen LogP contribution in [-0.2, 0) is 32.4 Å². The molecule has 44 heavy (non-hydrogen) atoms. The second-order valence-electron chi connectivity index (χ2n) is 10.8. The van der Waals surface area contributed by atoms with Crippen LogP contribution in [0, 0.1) is 0 Å². The van der Waals surface area contributed by atoms with E-state index in [-0.39, 0.29) is 48.1 Å². The summed E-state index contributed by atoms with van der Waals surface area (Å²) < 4.78 is 123. The first-order chi connectivity index (χ1) is 20.4. The van der Waals surface area contributed by atoms with Gasteiger partial charge in [0.1, 0.15) is 4.75 Å². The highest BCUT2D eigenvalue weighted by molar-refractivity contribution is 7.91. The minimum atomic E-state index is -6.35. The summed E-state index contributed by atoms with van der Waals surface area (Å²) in [5.74, 6) is -2.40. The Hall–Kier alpha value is -3.94. The fourth-order valence-electron chi connectivity index (χ4n) is 6.39. The molecule has 3 aromatic carbocycles. The number of halogens is 7. The normalized spacial score (nSPS) is 20.6. The van der Waals surface area contributed by atoms with Crippen molar-refractivity contribution in [3.63, 3.8) is 0 Å². The van der Waals surface area contributed by atoms with Crippen LogP contribution in [-0.4, -0.2) is 55.2 Å². The Morgan fingerprint density at radius 1 is 0.864 bits per heavy atom. The Morgan fingerprint density at radius 3 is 2.02 bits per heavy atom. The maximum absolute atomic E-state index is 15.0. The Bertz CT molecular complexity index is 1690. The van der Waals surface area contributed by atoms with E-state index in [0.29, 0.717) is 17.7 Å². The summed E-state index contributed by atoms with van der Waals surface area (Å²) in [5, 5.41) is 9.17. The third-order valence-corrected chi connectivity index (χ3v) is 11.0. The van der Waals surface area contributed by atoms with Gasteiger partial charge in [-0.2, -0.15) is 26.3 Å². The number of fused-ring (bicyclic) bond motifs is 3. The van der Waals surface area contributed by atoms with E-state index in [1.165, 1.54) is 29.2 Å². The van der Waals surface area contributed by atoms with Gasteiger partial charge < -0.3 is 10.0 Å². The lowest BCUT2D eigenvalue weighted by Crippen LogP contribution is -2.53. The molecule has 2 unspecified atom stereocenters. The van der Waals surface area contributed by atoms with E-state index in [2.05, 4.69) is 0 Å². The summed E-state index contributed by atoms with van der Waals surface area (Å²) in [5.41, 5.74) is -7.34. The molecule has 1 fully saturated rings. The van der Waals surface area contributed by atoms with Gasteiger partial charge in [-0.15, -0.1) is 0 Å². The molecule has 234 valence electrons. The van der Waals surface area contributed by atoms with Crippen molar-refractivity contribution in [2.45, 2.75) is 53.8 Å². The predicted octanol–water partition coefficient (Wildman–Crippen LogP) is 6.35. The van der Waals surface area contributed by atoms with E-state index >= 15 is 0 Å². The van der Waals surface area contributed by atoms with Gasteiger partial charge in [-0.1, -0.05) is 48.5 Å². The van der Waals surface area contributed by atoms with Gasteiger partial charge in [0.05, 0.1) is 17.4 Å². The van der Waals surface area contributed by atoms with Crippen molar-refractivity contribution in [1.29, 1.82) is 0 Å². The molecule has 1 N–H and O–H groups in total. The highest BCUT2D eigenvalue weighted by Crippen LogP contribution is 2.56. The van der Waals surface area contributed by atoms with Crippen LogP contribution >= 0.6 is 0 Å². The van der Waals surface area contributed by atoms with Crippen molar-refractivity contribution in [2.24, 2.45) is 0 Å². The Balaban J connectivity index is 1.64. The zero-order chi connectivity index (χ0) is 32.3. The van der Waals surface area contributed by atoms with Crippen molar-refractivity contribution < 1.29 is 53.8 Å². The number of carbonyl (C=O) groups excluding carboxylic acids is 1. The van der Waals surface area contributed by atoms with Gasteiger partial charge in [0.15, 0.2) is 9.84 Å². The number of rotatable bonds is 6. The minimum absolute atomic E-state index is 0.0602. The molecule has 0 radical (unpaired) electrons. The second-order valence-corrected chi connectivity index (χ2v) is 13.1. The molecule has 1 heterocycles. The zero-order valence-electron chi connectivity index (χ0n) is 22.6. The molecule has 0 aromatic heterocycles. The molecule has 1 saturated heterocycles. The lowest BCUT2D eigenvalue weighted by molar-refractivity contribution is -0.348. The average molecular weight is 644 g/mol. The van der Waals surface area contributed by atoms with Crippen molar-refractivity contribution in [3.8, 4) is 0 Å². The van der Waals surface area contributed by atoms with Crippen molar-refractivity contribution in [3.05, 3.63) is 106 Å². The van der Waals surface area contributed by atoms with E-state index in [9.17, 15) is 48.7 Å². The molecular formula is C30H24F7NO5S. The number of aromatic carboxylic acids is 1. The van der Waals surface area contributed by atoms with Gasteiger partial charge >= 0.3 is 24.0 Å². The number of carboxylic acid groups (broad SMARTS) is 1. The van der Waals surface area contributed by atoms with Gasteiger partial charge in [0.25, 0.3) is 5.91 Å². The fourth-order valence-corrected chi connectivity index (χ4v) is 8.87. The van der Waals surface area contributed by atoms with Crippen molar-refractivity contribution >= 4 is 21.7 Å². The summed E-state index contributed by atoms with van der Waals surface area (Å²) in [6, 6.07) is 13.4. The van der Waals surface area contributed by atoms with E-state index in [1.807, 2.05) is 0 Å². The van der Waals surface area contributed by atoms with Gasteiger partial charge in [-0.3, -0.25) is 4.79 Å². The number of nitrogens with zero attached hydrogens (tertiary/aromatic N) is 1. The largest absolute Gasteiger partial charge is 0.478 e. The van der Waals surface area contributed by atoms with Crippen LogP contribution in [0.1, 0.15) is 55.8 Å². The minimum Gasteiger partial charge on any atom is -0.478 e. The summed E-state index contributed by atoms with van der Waals surface area (Å²) >= 11 is 0. The monoisotopic (exact) mass is 643 g/mol. The highest BCUT2D eigenvalue weighted by atomic mass is 32.2. The van der Waals surface area contributed by atoms with Crippen LogP contribution in [0.15, 0.2) is 72.8 Å². The Labute approximate surface area is 247 Å². The molecule has 0 saturated carbocycles. The van der Waals surface area contributed by atoms with E-state index in [4.69, 9.17) is 5.11 Å². The fraction of sp³-hybridized carbons (Fsp3) is 0.333. The number of aryl methyl sites for hydroxylation is 1. The number of hydrogen-bond acceptors (Lipinski definition) is 4. The number of alkyl halides is 7. The third-order valence-electron chi connectivity index (χ3n) is 8.46. The quantitative estimate of drug-likeness (QED) is 0.317. The number of likely N-dealkylation sites (tertiary alicyclic amines) is 1.